The summed E-state index contributed by atoms with van der Waals surface area (Å²) in [7, 11) is 0. The third-order valence-corrected chi connectivity index (χ3v) is 5.66. The van der Waals surface area contributed by atoms with Crippen LogP contribution in [-0.2, 0) is 6.42 Å². The van der Waals surface area contributed by atoms with Crippen molar-refractivity contribution in [3.05, 3.63) is 76.3 Å². The molecule has 1 N–H and O–H groups in total. The molecule has 0 amide bonds. The molecule has 5 heteroatoms. The van der Waals surface area contributed by atoms with Gasteiger partial charge in [0.1, 0.15) is 5.51 Å². The highest BCUT2D eigenvalue weighted by Gasteiger charge is 2.43. The summed E-state index contributed by atoms with van der Waals surface area (Å²) in [6, 6.07) is 18.9. The highest BCUT2D eigenvalue weighted by molar-refractivity contribution is 7.13. The van der Waals surface area contributed by atoms with E-state index in [1.165, 1.54) is 28.0 Å². The van der Waals surface area contributed by atoms with Crippen molar-refractivity contribution in [3.63, 3.8) is 0 Å². The summed E-state index contributed by atoms with van der Waals surface area (Å²) in [5, 5.41) is 21.6. The maximum Gasteiger partial charge on any atom is 0.205 e. The average Bonchev–Trinajstić information content (AvgIpc) is 3.25. The van der Waals surface area contributed by atoms with E-state index in [1.54, 1.807) is 5.51 Å². The maximum absolute atomic E-state index is 9.31. The Balaban J connectivity index is 1.74. The minimum Gasteiger partial charge on any atom is -0.359 e. The molecule has 0 radical (unpaired) electrons. The molecule has 0 unspecified atom stereocenters. The van der Waals surface area contributed by atoms with Gasteiger partial charge < -0.3 is 5.32 Å². The summed E-state index contributed by atoms with van der Waals surface area (Å²) in [6.45, 7) is 3.11. The third-order valence-electron chi connectivity index (χ3n) is 5.01. The van der Waals surface area contributed by atoms with Crippen LogP contribution in [0.2, 0.25) is 0 Å². The van der Waals surface area contributed by atoms with Crippen molar-refractivity contribution in [1.29, 1.82) is 5.26 Å². The van der Waals surface area contributed by atoms with Crippen molar-refractivity contribution >= 4 is 16.5 Å². The lowest BCUT2D eigenvalue weighted by Crippen LogP contribution is -2.31. The minimum absolute atomic E-state index is 0.00341. The van der Waals surface area contributed by atoms with E-state index < -0.39 is 0 Å². The van der Waals surface area contributed by atoms with Crippen LogP contribution >= 0.6 is 11.3 Å². The lowest BCUT2D eigenvalue weighted by atomic mass is 9.74. The summed E-state index contributed by atoms with van der Waals surface area (Å²) < 4.78 is 0. The van der Waals surface area contributed by atoms with Gasteiger partial charge in [-0.05, 0) is 40.7 Å². The zero-order valence-electron chi connectivity index (χ0n) is 13.9. The van der Waals surface area contributed by atoms with Crippen molar-refractivity contribution in [2.24, 2.45) is 5.41 Å². The van der Waals surface area contributed by atoms with Crippen LogP contribution in [0.25, 0.3) is 0 Å². The van der Waals surface area contributed by atoms with Gasteiger partial charge in [-0.3, -0.25) is 0 Å². The molecular weight excluding hydrogens is 328 g/mol. The number of hydrogen-bond acceptors (Lipinski definition) is 5. The molecule has 3 aromatic rings. The molecular formula is C20H18N4S. The first kappa shape index (κ1) is 15.8. The second kappa shape index (κ2) is 6.30. The van der Waals surface area contributed by atoms with Gasteiger partial charge in [-0.2, -0.15) is 5.26 Å². The predicted molar refractivity (Wildman–Crippen MR) is 99.7 cm³/mol. The molecule has 1 heterocycles. The highest BCUT2D eigenvalue weighted by Crippen LogP contribution is 2.50. The van der Waals surface area contributed by atoms with Crippen molar-refractivity contribution in [3.8, 4) is 6.07 Å². The molecule has 1 aromatic heterocycles. The van der Waals surface area contributed by atoms with E-state index in [2.05, 4.69) is 64.9 Å². The second-order valence-electron chi connectivity index (χ2n) is 6.80. The van der Waals surface area contributed by atoms with Gasteiger partial charge in [0, 0.05) is 12.5 Å². The van der Waals surface area contributed by atoms with Crippen LogP contribution in [0.1, 0.15) is 35.1 Å². The molecule has 0 saturated heterocycles. The van der Waals surface area contributed by atoms with Gasteiger partial charge >= 0.3 is 0 Å². The van der Waals surface area contributed by atoms with Gasteiger partial charge in [-0.1, -0.05) is 54.7 Å². The predicted octanol–water partition coefficient (Wildman–Crippen LogP) is 4.22. The zero-order valence-corrected chi connectivity index (χ0v) is 14.8. The van der Waals surface area contributed by atoms with Gasteiger partial charge in [0.15, 0.2) is 0 Å². The number of benzene rings is 2. The molecule has 1 aliphatic carbocycles. The van der Waals surface area contributed by atoms with E-state index in [4.69, 9.17) is 0 Å². The monoisotopic (exact) mass is 346 g/mol. The summed E-state index contributed by atoms with van der Waals surface area (Å²) in [6.07, 6.45) is 0.972. The first-order valence-corrected chi connectivity index (χ1v) is 9.15. The van der Waals surface area contributed by atoms with Crippen LogP contribution in [0.3, 0.4) is 0 Å². The Morgan fingerprint density at radius 2 is 2.12 bits per heavy atom. The first-order valence-electron chi connectivity index (χ1n) is 8.27. The van der Waals surface area contributed by atoms with Crippen LogP contribution < -0.4 is 5.32 Å². The largest absolute Gasteiger partial charge is 0.359 e. The Hall–Kier alpha value is -2.71. The van der Waals surface area contributed by atoms with Crippen LogP contribution in [-0.4, -0.2) is 16.7 Å². The van der Waals surface area contributed by atoms with Crippen LogP contribution in [0.4, 0.5) is 5.13 Å². The SMILES string of the molecule is C[C@@]1(CNc2nncs2)Cc2ccc(C#N)cc2[C@@H]1c1ccccc1. The Kier molecular flexibility index (Phi) is 3.98. The molecule has 0 fully saturated rings. The van der Waals surface area contributed by atoms with Gasteiger partial charge in [-0.15, -0.1) is 10.2 Å². The lowest BCUT2D eigenvalue weighted by Gasteiger charge is -2.32. The number of nitrogens with one attached hydrogen (secondary N) is 1. The number of aromatic nitrogens is 2. The summed E-state index contributed by atoms with van der Waals surface area (Å²) in [5.41, 5.74) is 6.35. The van der Waals surface area contributed by atoms with Crippen molar-refractivity contribution in [2.45, 2.75) is 19.3 Å². The maximum atomic E-state index is 9.31. The first-order chi connectivity index (χ1) is 12.2. The van der Waals surface area contributed by atoms with Crippen molar-refractivity contribution < 1.29 is 0 Å². The Morgan fingerprint density at radius 3 is 2.84 bits per heavy atom. The number of nitriles is 1. The minimum atomic E-state index is 0.00341. The summed E-state index contributed by atoms with van der Waals surface area (Å²) in [5.74, 6) is 0.248. The Morgan fingerprint density at radius 1 is 1.28 bits per heavy atom. The van der Waals surface area contributed by atoms with E-state index >= 15 is 0 Å². The van der Waals surface area contributed by atoms with Gasteiger partial charge in [-0.25, -0.2) is 0 Å². The molecule has 2 atom stereocenters. The number of rotatable bonds is 4. The third kappa shape index (κ3) is 2.90. The van der Waals surface area contributed by atoms with Gasteiger partial charge in [0.2, 0.25) is 5.13 Å². The Bertz CT molecular complexity index is 915. The number of hydrogen-bond donors (Lipinski definition) is 1. The van der Waals surface area contributed by atoms with E-state index in [9.17, 15) is 5.26 Å². The number of fused-ring (bicyclic) bond motifs is 1. The fraction of sp³-hybridized carbons (Fsp3) is 0.250. The molecule has 0 saturated carbocycles. The fourth-order valence-corrected chi connectivity index (χ4v) is 4.37. The van der Waals surface area contributed by atoms with Crippen LogP contribution in [0, 0.1) is 16.7 Å². The van der Waals surface area contributed by atoms with Crippen molar-refractivity contribution in [1.82, 2.24) is 10.2 Å². The Labute approximate surface area is 151 Å². The number of anilines is 1. The molecule has 0 aliphatic heterocycles. The molecule has 0 bridgehead atoms. The van der Waals surface area contributed by atoms with Gasteiger partial charge in [0.25, 0.3) is 0 Å². The molecule has 124 valence electrons. The average molecular weight is 346 g/mol. The quantitative estimate of drug-likeness (QED) is 0.768. The topological polar surface area (TPSA) is 61.6 Å². The summed E-state index contributed by atoms with van der Waals surface area (Å²) >= 11 is 1.52. The van der Waals surface area contributed by atoms with E-state index in [0.717, 1.165) is 23.7 Å². The standard InChI is InChI=1S/C20H18N4S/c1-20(12-22-19-24-23-13-25-19)10-16-8-7-14(11-21)9-17(16)18(20)15-5-3-2-4-6-15/h2-9,13,18H,10,12H2,1H3,(H,22,24)/t18-,20-/m0/s1. The number of nitrogens with zero attached hydrogens (tertiary/aromatic N) is 3. The van der Waals surface area contributed by atoms with E-state index in [0.29, 0.717) is 0 Å². The molecule has 4 rings (SSSR count). The lowest BCUT2D eigenvalue weighted by molar-refractivity contribution is 0.329. The molecule has 2 aromatic carbocycles. The highest BCUT2D eigenvalue weighted by atomic mass is 32.1. The molecule has 4 nitrogen and oxygen atoms in total. The van der Waals surface area contributed by atoms with Crippen molar-refractivity contribution in [2.75, 3.05) is 11.9 Å². The smallest absolute Gasteiger partial charge is 0.205 e. The summed E-state index contributed by atoms with van der Waals surface area (Å²) in [4.78, 5) is 0. The van der Waals surface area contributed by atoms with E-state index in [-0.39, 0.29) is 11.3 Å². The fourth-order valence-electron chi connectivity index (χ4n) is 3.93. The van der Waals surface area contributed by atoms with Crippen LogP contribution in [0.5, 0.6) is 0 Å². The van der Waals surface area contributed by atoms with Crippen LogP contribution in [0.15, 0.2) is 54.0 Å². The van der Waals surface area contributed by atoms with E-state index in [1.807, 2.05) is 12.1 Å². The zero-order chi connectivity index (χ0) is 17.3. The molecule has 1 aliphatic rings. The normalized spacial score (nSPS) is 21.5. The molecule has 25 heavy (non-hydrogen) atoms. The second-order valence-corrected chi connectivity index (χ2v) is 7.63. The van der Waals surface area contributed by atoms with Gasteiger partial charge in [0.05, 0.1) is 11.6 Å². The molecule has 0 spiro atoms.